The van der Waals surface area contributed by atoms with Gasteiger partial charge in [0.05, 0.1) is 6.42 Å². The Hall–Kier alpha value is -1.58. The van der Waals surface area contributed by atoms with Crippen LogP contribution in [-0.4, -0.2) is 11.1 Å². The van der Waals surface area contributed by atoms with Gasteiger partial charge in [0.15, 0.2) is 0 Å². The van der Waals surface area contributed by atoms with Crippen molar-refractivity contribution in [3.05, 3.63) is 47.0 Å². The van der Waals surface area contributed by atoms with Gasteiger partial charge < -0.3 is 5.11 Å². The molecule has 0 bridgehead atoms. The van der Waals surface area contributed by atoms with E-state index < -0.39 is 5.97 Å². The van der Waals surface area contributed by atoms with E-state index in [1.54, 1.807) is 11.3 Å². The average molecular weight is 277 g/mol. The normalized spacial score (nSPS) is 11.2. The number of hydrogen-bond donors (Lipinski definition) is 1. The van der Waals surface area contributed by atoms with Crippen LogP contribution in [0.15, 0.2) is 36.4 Å². The number of hydrogen-bond acceptors (Lipinski definition) is 2. The Bertz CT molecular complexity index is 761. The third kappa shape index (κ3) is 1.96. The number of carboxylic acid groups (broad SMARTS) is 1. The molecule has 1 N–H and O–H groups in total. The lowest BCUT2D eigenvalue weighted by atomic mass is 10.1. The highest BCUT2D eigenvalue weighted by molar-refractivity contribution is 7.25. The highest BCUT2D eigenvalue weighted by Gasteiger charge is 2.07. The molecule has 0 aliphatic heterocycles. The number of aliphatic carboxylic acids is 1. The molecule has 1 heterocycles. The van der Waals surface area contributed by atoms with E-state index in [0.29, 0.717) is 0 Å². The highest BCUT2D eigenvalue weighted by atomic mass is 35.5. The minimum absolute atomic E-state index is 0.0605. The van der Waals surface area contributed by atoms with E-state index >= 15 is 0 Å². The molecule has 3 aromatic rings. The van der Waals surface area contributed by atoms with Gasteiger partial charge in [0.1, 0.15) is 0 Å². The van der Waals surface area contributed by atoms with Crippen LogP contribution >= 0.6 is 22.9 Å². The first kappa shape index (κ1) is 11.5. The van der Waals surface area contributed by atoms with Gasteiger partial charge in [-0.1, -0.05) is 29.8 Å². The topological polar surface area (TPSA) is 37.3 Å². The molecule has 2 aromatic carbocycles. The lowest BCUT2D eigenvalue weighted by Gasteiger charge is -1.97. The Morgan fingerprint density at radius 3 is 2.50 bits per heavy atom. The second-order valence-corrected chi connectivity index (χ2v) is 5.66. The van der Waals surface area contributed by atoms with Crippen molar-refractivity contribution < 1.29 is 9.90 Å². The van der Waals surface area contributed by atoms with Crippen molar-refractivity contribution in [3.63, 3.8) is 0 Å². The van der Waals surface area contributed by atoms with Crippen molar-refractivity contribution in [2.45, 2.75) is 6.42 Å². The zero-order valence-electron chi connectivity index (χ0n) is 9.31. The lowest BCUT2D eigenvalue weighted by Crippen LogP contribution is -1.99. The predicted molar refractivity (Wildman–Crippen MR) is 75.7 cm³/mol. The Balaban J connectivity index is 2.22. The quantitative estimate of drug-likeness (QED) is 0.756. The molecule has 0 spiro atoms. The molecular weight excluding hydrogens is 268 g/mol. The molecule has 0 aliphatic rings. The summed E-state index contributed by atoms with van der Waals surface area (Å²) in [5.74, 6) is -0.807. The highest BCUT2D eigenvalue weighted by Crippen LogP contribution is 2.35. The molecular formula is C14H9ClO2S. The van der Waals surface area contributed by atoms with Gasteiger partial charge in [0.2, 0.25) is 0 Å². The number of carboxylic acids is 1. The minimum atomic E-state index is -0.807. The van der Waals surface area contributed by atoms with Crippen LogP contribution in [0.2, 0.25) is 5.02 Å². The summed E-state index contributed by atoms with van der Waals surface area (Å²) in [6.07, 6.45) is 0.0605. The summed E-state index contributed by atoms with van der Waals surface area (Å²) in [7, 11) is 0. The maximum Gasteiger partial charge on any atom is 0.307 e. The average Bonchev–Trinajstić information content (AvgIpc) is 2.64. The molecule has 0 saturated heterocycles. The summed E-state index contributed by atoms with van der Waals surface area (Å²) >= 11 is 7.62. The molecule has 3 rings (SSSR count). The Morgan fingerprint density at radius 1 is 1.11 bits per heavy atom. The molecule has 18 heavy (non-hydrogen) atoms. The molecule has 0 fully saturated rings. The number of rotatable bonds is 2. The van der Waals surface area contributed by atoms with Crippen LogP contribution in [0.3, 0.4) is 0 Å². The van der Waals surface area contributed by atoms with Crippen LogP contribution < -0.4 is 0 Å². The summed E-state index contributed by atoms with van der Waals surface area (Å²) in [6.45, 7) is 0. The van der Waals surface area contributed by atoms with Crippen molar-refractivity contribution in [2.24, 2.45) is 0 Å². The summed E-state index contributed by atoms with van der Waals surface area (Å²) in [6, 6.07) is 11.6. The molecule has 0 saturated carbocycles. The minimum Gasteiger partial charge on any atom is -0.481 e. The Labute approximate surface area is 112 Å². The van der Waals surface area contributed by atoms with E-state index in [9.17, 15) is 4.79 Å². The van der Waals surface area contributed by atoms with E-state index in [0.717, 1.165) is 25.4 Å². The van der Waals surface area contributed by atoms with Crippen LogP contribution in [0.1, 0.15) is 5.56 Å². The number of halogens is 1. The van der Waals surface area contributed by atoms with Gasteiger partial charge in [0, 0.05) is 25.2 Å². The van der Waals surface area contributed by atoms with Gasteiger partial charge in [-0.15, -0.1) is 11.3 Å². The van der Waals surface area contributed by atoms with Crippen molar-refractivity contribution in [1.82, 2.24) is 0 Å². The van der Waals surface area contributed by atoms with Gasteiger partial charge in [-0.2, -0.15) is 0 Å². The zero-order valence-corrected chi connectivity index (χ0v) is 10.9. The first-order valence-electron chi connectivity index (χ1n) is 5.46. The first-order chi connectivity index (χ1) is 8.63. The third-order valence-corrected chi connectivity index (χ3v) is 4.21. The smallest absolute Gasteiger partial charge is 0.307 e. The second-order valence-electron chi connectivity index (χ2n) is 4.14. The standard InChI is InChI=1S/C14H9ClO2S/c15-9-2-4-11-10-3-1-8(6-14(16)17)5-12(10)18-13(11)7-9/h1-5,7H,6H2,(H,16,17). The molecule has 0 atom stereocenters. The predicted octanol–water partition coefficient (Wildman–Crippen LogP) is 4.34. The molecule has 0 aliphatic carbocycles. The first-order valence-corrected chi connectivity index (χ1v) is 6.65. The number of fused-ring (bicyclic) bond motifs is 3. The van der Waals surface area contributed by atoms with Gasteiger partial charge in [-0.3, -0.25) is 4.79 Å². The van der Waals surface area contributed by atoms with Crippen LogP contribution in [0.25, 0.3) is 20.2 Å². The maximum atomic E-state index is 10.7. The fourth-order valence-corrected chi connectivity index (χ4v) is 3.53. The van der Waals surface area contributed by atoms with Crippen LogP contribution in [0, 0.1) is 0 Å². The molecule has 0 unspecified atom stereocenters. The Morgan fingerprint density at radius 2 is 1.78 bits per heavy atom. The maximum absolute atomic E-state index is 10.7. The summed E-state index contributed by atoms with van der Waals surface area (Å²) in [4.78, 5) is 10.7. The van der Waals surface area contributed by atoms with Crippen LogP contribution in [0.4, 0.5) is 0 Å². The van der Waals surface area contributed by atoms with E-state index in [-0.39, 0.29) is 6.42 Å². The SMILES string of the molecule is O=C(O)Cc1ccc2c(c1)sc1cc(Cl)ccc12. The fourth-order valence-electron chi connectivity index (χ4n) is 2.08. The van der Waals surface area contributed by atoms with E-state index in [1.807, 2.05) is 36.4 Å². The second kappa shape index (κ2) is 4.26. The fraction of sp³-hybridized carbons (Fsp3) is 0.0714. The van der Waals surface area contributed by atoms with Crippen molar-refractivity contribution in [1.29, 1.82) is 0 Å². The monoisotopic (exact) mass is 276 g/mol. The van der Waals surface area contributed by atoms with Gasteiger partial charge in [-0.05, 0) is 23.8 Å². The molecule has 0 radical (unpaired) electrons. The van der Waals surface area contributed by atoms with E-state index in [1.165, 1.54) is 5.39 Å². The van der Waals surface area contributed by atoms with Gasteiger partial charge in [0.25, 0.3) is 0 Å². The largest absolute Gasteiger partial charge is 0.481 e. The molecule has 4 heteroatoms. The van der Waals surface area contributed by atoms with Crippen molar-refractivity contribution >= 4 is 49.1 Å². The molecule has 90 valence electrons. The molecule has 1 aromatic heterocycles. The number of thiophene rings is 1. The van der Waals surface area contributed by atoms with Crippen LogP contribution in [0.5, 0.6) is 0 Å². The summed E-state index contributed by atoms with van der Waals surface area (Å²) < 4.78 is 2.23. The van der Waals surface area contributed by atoms with Crippen LogP contribution in [-0.2, 0) is 11.2 Å². The van der Waals surface area contributed by atoms with Crippen molar-refractivity contribution in [2.75, 3.05) is 0 Å². The summed E-state index contributed by atoms with van der Waals surface area (Å²) in [5, 5.41) is 11.8. The molecule has 0 amide bonds. The summed E-state index contributed by atoms with van der Waals surface area (Å²) in [5.41, 5.74) is 0.827. The Kier molecular flexibility index (Phi) is 2.73. The van der Waals surface area contributed by atoms with Gasteiger partial charge in [-0.25, -0.2) is 0 Å². The zero-order chi connectivity index (χ0) is 12.7. The van der Waals surface area contributed by atoms with E-state index in [4.69, 9.17) is 16.7 Å². The van der Waals surface area contributed by atoms with E-state index in [2.05, 4.69) is 0 Å². The molecule has 2 nitrogen and oxygen atoms in total. The lowest BCUT2D eigenvalue weighted by molar-refractivity contribution is -0.136. The van der Waals surface area contributed by atoms with Crippen molar-refractivity contribution in [3.8, 4) is 0 Å². The number of carbonyl (C=O) groups is 1. The van der Waals surface area contributed by atoms with Gasteiger partial charge >= 0.3 is 5.97 Å². The number of benzene rings is 2. The third-order valence-electron chi connectivity index (χ3n) is 2.86.